The van der Waals surface area contributed by atoms with Gasteiger partial charge in [0.1, 0.15) is 5.75 Å². The number of ether oxygens (including phenoxy) is 1. The first-order chi connectivity index (χ1) is 9.71. The van der Waals surface area contributed by atoms with E-state index in [2.05, 4.69) is 27.8 Å². The smallest absolute Gasteiger partial charge is 0.119 e. The number of aryl methyl sites for hydroxylation is 1. The Hall–Kier alpha value is -1.88. The Kier molecular flexibility index (Phi) is 5.12. The first kappa shape index (κ1) is 14.5. The molecule has 5 nitrogen and oxygen atoms in total. The van der Waals surface area contributed by atoms with E-state index in [1.807, 2.05) is 32.4 Å². The third-order valence-electron chi connectivity index (χ3n) is 3.30. The zero-order valence-electron chi connectivity index (χ0n) is 12.3. The van der Waals surface area contributed by atoms with Gasteiger partial charge < -0.3 is 10.1 Å². The second-order valence-corrected chi connectivity index (χ2v) is 5.07. The van der Waals surface area contributed by atoms with Crippen molar-refractivity contribution in [2.24, 2.45) is 13.0 Å². The number of hydrogen-bond donors (Lipinski definition) is 1. The molecule has 0 fully saturated rings. The highest BCUT2D eigenvalue weighted by Crippen LogP contribution is 2.17. The van der Waals surface area contributed by atoms with Crippen LogP contribution in [-0.4, -0.2) is 35.7 Å². The van der Waals surface area contributed by atoms with Crippen LogP contribution >= 0.6 is 0 Å². The number of nitrogens with one attached hydrogen (secondary N) is 1. The minimum Gasteiger partial charge on any atom is -0.497 e. The molecule has 0 aliphatic heterocycles. The van der Waals surface area contributed by atoms with Crippen LogP contribution in [0, 0.1) is 5.92 Å². The molecule has 1 heterocycles. The molecule has 20 heavy (non-hydrogen) atoms. The normalized spacial score (nSPS) is 12.3. The van der Waals surface area contributed by atoms with Gasteiger partial charge >= 0.3 is 0 Å². The summed E-state index contributed by atoms with van der Waals surface area (Å²) >= 11 is 0. The summed E-state index contributed by atoms with van der Waals surface area (Å²) < 4.78 is 7.02. The van der Waals surface area contributed by atoms with Gasteiger partial charge in [-0.05, 0) is 50.0 Å². The highest BCUT2D eigenvalue weighted by molar-refractivity contribution is 5.28. The molecule has 0 bridgehead atoms. The van der Waals surface area contributed by atoms with Crippen molar-refractivity contribution in [1.82, 2.24) is 20.3 Å². The van der Waals surface area contributed by atoms with Gasteiger partial charge in [-0.3, -0.25) is 4.68 Å². The van der Waals surface area contributed by atoms with Crippen LogP contribution in [-0.2, 0) is 19.9 Å². The average molecular weight is 274 g/mol. The third-order valence-corrected chi connectivity index (χ3v) is 3.30. The number of methoxy groups -OCH3 is 1. The quantitative estimate of drug-likeness (QED) is 0.830. The summed E-state index contributed by atoms with van der Waals surface area (Å²) in [6, 6.07) is 8.24. The number of benzene rings is 1. The average Bonchev–Trinajstić information content (AvgIpc) is 2.84. The molecule has 1 N–H and O–H groups in total. The summed E-state index contributed by atoms with van der Waals surface area (Å²) in [6.45, 7) is 0.952. The maximum Gasteiger partial charge on any atom is 0.119 e. The molecular formula is C15H22N4O. The monoisotopic (exact) mass is 274 g/mol. The lowest BCUT2D eigenvalue weighted by atomic mass is 9.95. The molecule has 0 radical (unpaired) electrons. The summed E-state index contributed by atoms with van der Waals surface area (Å²) in [5, 5.41) is 11.4. The van der Waals surface area contributed by atoms with E-state index in [-0.39, 0.29) is 0 Å². The molecule has 1 aromatic carbocycles. The number of hydrogen-bond acceptors (Lipinski definition) is 4. The van der Waals surface area contributed by atoms with E-state index in [0.29, 0.717) is 5.92 Å². The number of nitrogens with zero attached hydrogens (tertiary/aromatic N) is 3. The van der Waals surface area contributed by atoms with Gasteiger partial charge in [0.25, 0.3) is 0 Å². The van der Waals surface area contributed by atoms with Gasteiger partial charge in [0.2, 0.25) is 0 Å². The van der Waals surface area contributed by atoms with E-state index in [1.54, 1.807) is 11.8 Å². The van der Waals surface area contributed by atoms with Crippen LogP contribution < -0.4 is 10.1 Å². The predicted octanol–water partition coefficient (Wildman–Crippen LogP) is 1.44. The lowest BCUT2D eigenvalue weighted by Crippen LogP contribution is -2.23. The lowest BCUT2D eigenvalue weighted by molar-refractivity contribution is 0.413. The number of rotatable bonds is 7. The zero-order valence-corrected chi connectivity index (χ0v) is 12.3. The van der Waals surface area contributed by atoms with Gasteiger partial charge in [-0.15, -0.1) is 5.10 Å². The molecular weight excluding hydrogens is 252 g/mol. The van der Waals surface area contributed by atoms with Gasteiger partial charge in [-0.2, -0.15) is 0 Å². The second-order valence-electron chi connectivity index (χ2n) is 5.07. The van der Waals surface area contributed by atoms with Gasteiger partial charge in [0.15, 0.2) is 0 Å². The first-order valence-corrected chi connectivity index (χ1v) is 6.84. The van der Waals surface area contributed by atoms with Crippen molar-refractivity contribution in [3.8, 4) is 5.75 Å². The number of aromatic nitrogens is 3. The van der Waals surface area contributed by atoms with Crippen LogP contribution in [0.3, 0.4) is 0 Å². The molecule has 108 valence electrons. The van der Waals surface area contributed by atoms with Crippen LogP contribution in [0.15, 0.2) is 30.5 Å². The van der Waals surface area contributed by atoms with Crippen LogP contribution in [0.4, 0.5) is 0 Å². The molecule has 2 rings (SSSR count). The lowest BCUT2D eigenvalue weighted by Gasteiger charge is -2.15. The van der Waals surface area contributed by atoms with E-state index in [4.69, 9.17) is 4.74 Å². The topological polar surface area (TPSA) is 52.0 Å². The molecule has 0 aliphatic rings. The zero-order chi connectivity index (χ0) is 14.4. The fourth-order valence-corrected chi connectivity index (χ4v) is 2.42. The van der Waals surface area contributed by atoms with Crippen LogP contribution in [0.2, 0.25) is 0 Å². The minimum atomic E-state index is 0.490. The van der Waals surface area contributed by atoms with Crippen molar-refractivity contribution in [3.63, 3.8) is 0 Å². The van der Waals surface area contributed by atoms with Crippen LogP contribution in [0.5, 0.6) is 5.75 Å². The largest absolute Gasteiger partial charge is 0.497 e. The summed E-state index contributed by atoms with van der Waals surface area (Å²) in [6.07, 6.45) is 3.90. The maximum atomic E-state index is 5.28. The van der Waals surface area contributed by atoms with Gasteiger partial charge in [-0.25, -0.2) is 0 Å². The Balaban J connectivity index is 2.04. The van der Waals surface area contributed by atoms with E-state index in [1.165, 1.54) is 5.56 Å². The highest BCUT2D eigenvalue weighted by atomic mass is 16.5. The Bertz CT molecular complexity index is 538. The highest BCUT2D eigenvalue weighted by Gasteiger charge is 2.12. The van der Waals surface area contributed by atoms with Crippen molar-refractivity contribution in [2.75, 3.05) is 20.7 Å². The fraction of sp³-hybridized carbons (Fsp3) is 0.467. The first-order valence-electron chi connectivity index (χ1n) is 6.84. The van der Waals surface area contributed by atoms with E-state index < -0.39 is 0 Å². The Morgan fingerprint density at radius 3 is 2.85 bits per heavy atom. The molecule has 1 unspecified atom stereocenters. The predicted molar refractivity (Wildman–Crippen MR) is 78.8 cm³/mol. The molecule has 0 amide bonds. The third kappa shape index (κ3) is 4.06. The Labute approximate surface area is 120 Å². The van der Waals surface area contributed by atoms with E-state index in [9.17, 15) is 0 Å². The Morgan fingerprint density at radius 1 is 1.35 bits per heavy atom. The maximum absolute atomic E-state index is 5.28. The van der Waals surface area contributed by atoms with Gasteiger partial charge in [0, 0.05) is 13.2 Å². The molecule has 0 saturated heterocycles. The van der Waals surface area contributed by atoms with Crippen molar-refractivity contribution in [2.45, 2.75) is 12.8 Å². The molecule has 0 aliphatic carbocycles. The van der Waals surface area contributed by atoms with Crippen molar-refractivity contribution < 1.29 is 4.74 Å². The van der Waals surface area contributed by atoms with Crippen molar-refractivity contribution >= 4 is 0 Å². The molecule has 2 aromatic rings. The fourth-order valence-electron chi connectivity index (χ4n) is 2.42. The Morgan fingerprint density at radius 2 is 2.20 bits per heavy atom. The second kappa shape index (κ2) is 7.05. The van der Waals surface area contributed by atoms with Gasteiger partial charge in [0.05, 0.1) is 12.8 Å². The summed E-state index contributed by atoms with van der Waals surface area (Å²) in [5.74, 6) is 1.40. The molecule has 5 heteroatoms. The standard InChI is InChI=1S/C15H22N4O/c1-16-10-13(8-14-11-19(2)18-17-14)7-12-5-4-6-15(9-12)20-3/h4-6,9,11,13,16H,7-8,10H2,1-3H3. The minimum absolute atomic E-state index is 0.490. The van der Waals surface area contributed by atoms with Crippen molar-refractivity contribution in [3.05, 3.63) is 41.7 Å². The summed E-state index contributed by atoms with van der Waals surface area (Å²) in [5.41, 5.74) is 2.32. The molecule has 1 atom stereocenters. The van der Waals surface area contributed by atoms with Gasteiger partial charge in [-0.1, -0.05) is 17.3 Å². The van der Waals surface area contributed by atoms with Crippen LogP contribution in [0.1, 0.15) is 11.3 Å². The molecule has 0 spiro atoms. The summed E-state index contributed by atoms with van der Waals surface area (Å²) in [4.78, 5) is 0. The van der Waals surface area contributed by atoms with Crippen molar-refractivity contribution in [1.29, 1.82) is 0 Å². The molecule has 0 saturated carbocycles. The SMILES string of the molecule is CNCC(Cc1cccc(OC)c1)Cc1cn(C)nn1. The van der Waals surface area contributed by atoms with E-state index >= 15 is 0 Å². The van der Waals surface area contributed by atoms with Crippen LogP contribution in [0.25, 0.3) is 0 Å². The van der Waals surface area contributed by atoms with E-state index in [0.717, 1.165) is 30.8 Å². The summed E-state index contributed by atoms with van der Waals surface area (Å²) in [7, 11) is 5.57. The molecule has 1 aromatic heterocycles.